The molecule has 12 heteroatoms. The number of ether oxygens (including phenoxy) is 1. The summed E-state index contributed by atoms with van der Waals surface area (Å²) in [5, 5.41) is 9.79. The SMILES string of the molecule is O=C(O)N1CC2CN(c3cccc4cc(S(=O)(=O)c5cccc(OC(F)(F)F)c5)cnc34)CC2C1. The van der Waals surface area contributed by atoms with Crippen LogP contribution < -0.4 is 9.64 Å². The molecule has 0 spiro atoms. The van der Waals surface area contributed by atoms with E-state index in [1.807, 2.05) is 6.07 Å². The van der Waals surface area contributed by atoms with Gasteiger partial charge in [-0.15, -0.1) is 13.2 Å². The summed E-state index contributed by atoms with van der Waals surface area (Å²) in [6.45, 7) is 2.30. The number of rotatable bonds is 4. The Balaban J connectivity index is 1.43. The van der Waals surface area contributed by atoms with Crippen molar-refractivity contribution in [3.8, 4) is 5.75 Å². The average molecular weight is 507 g/mol. The van der Waals surface area contributed by atoms with Crippen molar-refractivity contribution in [2.45, 2.75) is 16.2 Å². The summed E-state index contributed by atoms with van der Waals surface area (Å²) in [5.74, 6) is -0.199. The summed E-state index contributed by atoms with van der Waals surface area (Å²) in [7, 11) is -4.15. The van der Waals surface area contributed by atoms with Gasteiger partial charge in [0.1, 0.15) is 5.75 Å². The molecule has 0 radical (unpaired) electrons. The van der Waals surface area contributed by atoms with Crippen LogP contribution in [0.25, 0.3) is 10.9 Å². The van der Waals surface area contributed by atoms with Gasteiger partial charge in [0.05, 0.1) is 21.0 Å². The van der Waals surface area contributed by atoms with Gasteiger partial charge in [0.25, 0.3) is 0 Å². The highest BCUT2D eigenvalue weighted by Crippen LogP contribution is 2.37. The van der Waals surface area contributed by atoms with E-state index in [4.69, 9.17) is 0 Å². The number of sulfone groups is 1. The topological polar surface area (TPSA) is 100 Å². The van der Waals surface area contributed by atoms with Crippen molar-refractivity contribution < 1.29 is 36.2 Å². The summed E-state index contributed by atoms with van der Waals surface area (Å²) >= 11 is 0. The molecular formula is C23H20F3N3O5S. The molecule has 2 aliphatic rings. The largest absolute Gasteiger partial charge is 0.573 e. The van der Waals surface area contributed by atoms with Crippen LogP contribution in [0.15, 0.2) is 64.5 Å². The predicted octanol–water partition coefficient (Wildman–Crippen LogP) is 4.01. The first-order chi connectivity index (χ1) is 16.5. The van der Waals surface area contributed by atoms with Crippen LogP contribution in [0.2, 0.25) is 0 Å². The van der Waals surface area contributed by atoms with Crippen LogP contribution in [0.4, 0.5) is 23.7 Å². The lowest BCUT2D eigenvalue weighted by molar-refractivity contribution is -0.274. The summed E-state index contributed by atoms with van der Waals surface area (Å²) in [6, 6.07) is 11.1. The highest BCUT2D eigenvalue weighted by atomic mass is 32.2. The zero-order chi connectivity index (χ0) is 25.0. The number of likely N-dealkylation sites (tertiary alicyclic amines) is 1. The van der Waals surface area contributed by atoms with Crippen molar-refractivity contribution in [2.24, 2.45) is 11.8 Å². The normalized spacial score (nSPS) is 20.3. The van der Waals surface area contributed by atoms with E-state index >= 15 is 0 Å². The minimum atomic E-state index is -4.94. The van der Waals surface area contributed by atoms with Crippen LogP contribution in [0.1, 0.15) is 0 Å². The highest BCUT2D eigenvalue weighted by Gasteiger charge is 2.42. The quantitative estimate of drug-likeness (QED) is 0.570. The molecule has 184 valence electrons. The molecule has 2 saturated heterocycles. The third-order valence-electron chi connectivity index (χ3n) is 6.42. The maximum absolute atomic E-state index is 13.1. The van der Waals surface area contributed by atoms with Gasteiger partial charge in [-0.05, 0) is 30.3 Å². The summed E-state index contributed by atoms with van der Waals surface area (Å²) in [6.07, 6.45) is -4.66. The van der Waals surface area contributed by atoms with Crippen LogP contribution in [0.5, 0.6) is 5.75 Å². The number of para-hydroxylation sites is 1. The third-order valence-corrected chi connectivity index (χ3v) is 8.14. The Labute approximate surface area is 198 Å². The number of fused-ring (bicyclic) bond motifs is 2. The molecule has 35 heavy (non-hydrogen) atoms. The number of pyridine rings is 1. The van der Waals surface area contributed by atoms with Gasteiger partial charge < -0.3 is 19.6 Å². The van der Waals surface area contributed by atoms with Crippen molar-refractivity contribution in [1.29, 1.82) is 0 Å². The lowest BCUT2D eigenvalue weighted by atomic mass is 10.0. The standard InChI is InChI=1S/C23H20F3N3O5S/c24-23(25,26)34-17-4-2-5-18(8-17)35(32,33)19-7-14-3-1-6-20(21(14)27-9-19)28-10-15-12-29(22(30)31)13-16(15)11-28/h1-9,15-16H,10-13H2,(H,30,31). The molecule has 5 rings (SSSR count). The molecule has 3 heterocycles. The van der Waals surface area contributed by atoms with Crippen LogP contribution in [-0.2, 0) is 9.84 Å². The van der Waals surface area contributed by atoms with Crippen molar-refractivity contribution in [2.75, 3.05) is 31.1 Å². The number of aromatic nitrogens is 1. The van der Waals surface area contributed by atoms with Crippen molar-refractivity contribution in [1.82, 2.24) is 9.88 Å². The monoisotopic (exact) mass is 507 g/mol. The smallest absolute Gasteiger partial charge is 0.465 e. The number of amides is 1. The van der Waals surface area contributed by atoms with Crippen LogP contribution in [0, 0.1) is 11.8 Å². The predicted molar refractivity (Wildman–Crippen MR) is 119 cm³/mol. The van der Waals surface area contributed by atoms with E-state index in [0.717, 1.165) is 17.8 Å². The molecule has 2 aliphatic heterocycles. The Kier molecular flexibility index (Phi) is 5.50. The number of carboxylic acid groups (broad SMARTS) is 1. The van der Waals surface area contributed by atoms with E-state index in [1.54, 1.807) is 12.1 Å². The highest BCUT2D eigenvalue weighted by molar-refractivity contribution is 7.91. The minimum absolute atomic E-state index is 0.151. The molecule has 3 aromatic rings. The number of hydrogen-bond acceptors (Lipinski definition) is 6. The molecule has 8 nitrogen and oxygen atoms in total. The van der Waals surface area contributed by atoms with Crippen LogP contribution in [-0.4, -0.2) is 62.0 Å². The molecule has 0 aliphatic carbocycles. The van der Waals surface area contributed by atoms with E-state index < -0.39 is 28.0 Å². The van der Waals surface area contributed by atoms with Gasteiger partial charge in [0.2, 0.25) is 9.84 Å². The maximum Gasteiger partial charge on any atom is 0.573 e. The van der Waals surface area contributed by atoms with Crippen LogP contribution >= 0.6 is 0 Å². The average Bonchev–Trinajstić information content (AvgIpc) is 3.37. The Morgan fingerprint density at radius 1 is 1.00 bits per heavy atom. The molecule has 2 atom stereocenters. The number of anilines is 1. The summed E-state index contributed by atoms with van der Waals surface area (Å²) in [5.41, 5.74) is 1.42. The van der Waals surface area contributed by atoms with Crippen molar-refractivity contribution in [3.63, 3.8) is 0 Å². The maximum atomic E-state index is 13.1. The first-order valence-electron chi connectivity index (χ1n) is 10.7. The zero-order valence-corrected chi connectivity index (χ0v) is 19.0. The minimum Gasteiger partial charge on any atom is -0.465 e. The van der Waals surface area contributed by atoms with E-state index in [0.29, 0.717) is 37.1 Å². The Morgan fingerprint density at radius 2 is 1.69 bits per heavy atom. The van der Waals surface area contributed by atoms with E-state index in [-0.39, 0.29) is 21.6 Å². The lowest BCUT2D eigenvalue weighted by Gasteiger charge is -2.23. The molecule has 2 aromatic carbocycles. The molecule has 0 saturated carbocycles. The fraction of sp³-hybridized carbons (Fsp3) is 0.304. The Morgan fingerprint density at radius 3 is 2.34 bits per heavy atom. The molecular weight excluding hydrogens is 487 g/mol. The number of nitrogens with zero attached hydrogens (tertiary/aromatic N) is 3. The first-order valence-corrected chi connectivity index (χ1v) is 12.2. The zero-order valence-electron chi connectivity index (χ0n) is 18.1. The van der Waals surface area contributed by atoms with Gasteiger partial charge >= 0.3 is 12.5 Å². The third kappa shape index (κ3) is 4.45. The fourth-order valence-electron chi connectivity index (χ4n) is 4.85. The first kappa shape index (κ1) is 23.2. The lowest BCUT2D eigenvalue weighted by Crippen LogP contribution is -2.32. The molecule has 0 bridgehead atoms. The van der Waals surface area contributed by atoms with Gasteiger partial charge in [-0.2, -0.15) is 0 Å². The number of benzene rings is 2. The van der Waals surface area contributed by atoms with Gasteiger partial charge in [0, 0.05) is 49.6 Å². The number of halogens is 3. The molecule has 2 unspecified atom stereocenters. The molecule has 1 amide bonds. The van der Waals surface area contributed by atoms with Gasteiger partial charge in [-0.25, -0.2) is 13.2 Å². The van der Waals surface area contributed by atoms with Gasteiger partial charge in [0.15, 0.2) is 0 Å². The van der Waals surface area contributed by atoms with E-state index in [9.17, 15) is 31.5 Å². The van der Waals surface area contributed by atoms with Crippen molar-refractivity contribution >= 4 is 32.5 Å². The van der Waals surface area contributed by atoms with Crippen LogP contribution in [0.3, 0.4) is 0 Å². The second-order valence-corrected chi connectivity index (χ2v) is 10.6. The van der Waals surface area contributed by atoms with Gasteiger partial charge in [-0.1, -0.05) is 18.2 Å². The number of carbonyl (C=O) groups is 1. The van der Waals surface area contributed by atoms with Crippen molar-refractivity contribution in [3.05, 3.63) is 54.7 Å². The number of hydrogen-bond donors (Lipinski definition) is 1. The van der Waals surface area contributed by atoms with E-state index in [1.165, 1.54) is 29.3 Å². The Bertz CT molecular complexity index is 1400. The summed E-state index contributed by atoms with van der Waals surface area (Å²) < 4.78 is 67.7. The molecule has 1 aromatic heterocycles. The fourth-order valence-corrected chi connectivity index (χ4v) is 6.12. The Hall–Kier alpha value is -3.54. The summed E-state index contributed by atoms with van der Waals surface area (Å²) in [4.78, 5) is 18.7. The number of alkyl halides is 3. The van der Waals surface area contributed by atoms with Gasteiger partial charge in [-0.3, -0.25) is 4.98 Å². The molecule has 2 fully saturated rings. The van der Waals surface area contributed by atoms with E-state index in [2.05, 4.69) is 14.6 Å². The molecule has 1 N–H and O–H groups in total. The second-order valence-electron chi connectivity index (χ2n) is 8.66. The second kappa shape index (κ2) is 8.29.